The molecule has 1 nitrogen and oxygen atoms in total. The first-order valence-corrected chi connectivity index (χ1v) is 5.43. The van der Waals surface area contributed by atoms with Crippen molar-refractivity contribution >= 4 is 11.6 Å². The lowest BCUT2D eigenvalue weighted by atomic mass is 10.2. The van der Waals surface area contributed by atoms with E-state index in [0.717, 1.165) is 25.7 Å². The van der Waals surface area contributed by atoms with Crippen LogP contribution in [0.2, 0.25) is 0 Å². The zero-order chi connectivity index (χ0) is 10.9. The summed E-state index contributed by atoms with van der Waals surface area (Å²) >= 11 is 5.47. The molecule has 0 atom stereocenters. The van der Waals surface area contributed by atoms with Crippen molar-refractivity contribution in [1.82, 2.24) is 5.32 Å². The zero-order valence-corrected chi connectivity index (χ0v) is 8.92. The highest BCUT2D eigenvalue weighted by molar-refractivity contribution is 6.17. The molecule has 0 aliphatic heterocycles. The molecule has 0 aromatic carbocycles. The van der Waals surface area contributed by atoms with Crippen LogP contribution in [0.5, 0.6) is 0 Å². The van der Waals surface area contributed by atoms with Crippen LogP contribution < -0.4 is 5.32 Å². The minimum Gasteiger partial charge on any atom is -0.316 e. The highest BCUT2D eigenvalue weighted by Crippen LogP contribution is 2.18. The molecule has 0 aliphatic carbocycles. The van der Waals surface area contributed by atoms with E-state index in [9.17, 15) is 13.2 Å². The molecule has 0 spiro atoms. The Bertz CT molecular complexity index is 128. The van der Waals surface area contributed by atoms with Crippen LogP contribution in [0.4, 0.5) is 13.2 Å². The molecule has 0 amide bonds. The van der Waals surface area contributed by atoms with Gasteiger partial charge in [0.25, 0.3) is 0 Å². The maximum absolute atomic E-state index is 11.7. The molecular weight excluding hydrogens is 215 g/mol. The molecule has 1 N–H and O–H groups in total. The average molecular weight is 232 g/mol. The van der Waals surface area contributed by atoms with Crippen LogP contribution in [0.3, 0.4) is 0 Å². The summed E-state index contributed by atoms with van der Waals surface area (Å²) < 4.78 is 35.0. The molecule has 0 aromatic heterocycles. The van der Waals surface area contributed by atoms with Crippen molar-refractivity contribution in [2.75, 3.05) is 19.0 Å². The monoisotopic (exact) mass is 231 g/mol. The van der Waals surface area contributed by atoms with Gasteiger partial charge in [-0.15, -0.1) is 11.6 Å². The normalized spacial score (nSPS) is 12.0. The average Bonchev–Trinajstić information content (AvgIpc) is 2.08. The third-order valence-corrected chi connectivity index (χ3v) is 2.09. The van der Waals surface area contributed by atoms with Crippen molar-refractivity contribution in [3.63, 3.8) is 0 Å². The van der Waals surface area contributed by atoms with Crippen molar-refractivity contribution in [3.05, 3.63) is 0 Å². The Kier molecular flexibility index (Phi) is 8.38. The lowest BCUT2D eigenvalue weighted by Crippen LogP contribution is -2.22. The van der Waals surface area contributed by atoms with E-state index in [0.29, 0.717) is 12.4 Å². The zero-order valence-electron chi connectivity index (χ0n) is 8.17. The van der Waals surface area contributed by atoms with Crippen molar-refractivity contribution in [2.24, 2.45) is 0 Å². The fourth-order valence-corrected chi connectivity index (χ4v) is 1.24. The van der Waals surface area contributed by atoms with Gasteiger partial charge in [-0.1, -0.05) is 12.8 Å². The summed E-state index contributed by atoms with van der Waals surface area (Å²) in [6.07, 6.45) is -0.769. The molecule has 86 valence electrons. The van der Waals surface area contributed by atoms with Crippen LogP contribution in [-0.2, 0) is 0 Å². The predicted octanol–water partition coefficient (Wildman–Crippen LogP) is 3.33. The van der Waals surface area contributed by atoms with Gasteiger partial charge in [0.2, 0.25) is 0 Å². The fraction of sp³-hybridized carbons (Fsp3) is 1.00. The number of nitrogens with one attached hydrogen (secondary N) is 1. The Hall–Kier alpha value is 0.0400. The SMILES string of the molecule is FC(F)(F)CCNCCCCCCCl. The van der Waals surface area contributed by atoms with Gasteiger partial charge in [-0.25, -0.2) is 0 Å². The van der Waals surface area contributed by atoms with Crippen LogP contribution in [0, 0.1) is 0 Å². The lowest BCUT2D eigenvalue weighted by Gasteiger charge is -2.07. The highest BCUT2D eigenvalue weighted by atomic mass is 35.5. The molecule has 0 saturated heterocycles. The first-order valence-electron chi connectivity index (χ1n) is 4.89. The number of unbranched alkanes of at least 4 members (excludes halogenated alkanes) is 3. The smallest absolute Gasteiger partial charge is 0.316 e. The molecule has 0 saturated carbocycles. The summed E-state index contributed by atoms with van der Waals surface area (Å²) in [5.41, 5.74) is 0. The second-order valence-electron chi connectivity index (χ2n) is 3.22. The molecular formula is C9H17ClF3N. The molecule has 0 aliphatic rings. The van der Waals surface area contributed by atoms with Gasteiger partial charge in [0, 0.05) is 12.4 Å². The van der Waals surface area contributed by atoms with Gasteiger partial charge in [-0.2, -0.15) is 13.2 Å². The van der Waals surface area contributed by atoms with Crippen LogP contribution >= 0.6 is 11.6 Å². The molecule has 0 aromatic rings. The summed E-state index contributed by atoms with van der Waals surface area (Å²) in [7, 11) is 0. The maximum Gasteiger partial charge on any atom is 0.390 e. The standard InChI is InChI=1S/C9H17ClF3N/c10-6-3-1-2-4-7-14-8-5-9(11,12)13/h14H,1-8H2. The van der Waals surface area contributed by atoms with E-state index in [1.807, 2.05) is 0 Å². The van der Waals surface area contributed by atoms with E-state index < -0.39 is 12.6 Å². The Balaban J connectivity index is 2.99. The predicted molar refractivity (Wildman–Crippen MR) is 52.7 cm³/mol. The minimum absolute atomic E-state index is 0.0268. The van der Waals surface area contributed by atoms with Crippen LogP contribution in [0.1, 0.15) is 32.1 Å². The molecule has 0 fully saturated rings. The van der Waals surface area contributed by atoms with Crippen LogP contribution in [0.25, 0.3) is 0 Å². The van der Waals surface area contributed by atoms with Crippen molar-refractivity contribution < 1.29 is 13.2 Å². The van der Waals surface area contributed by atoms with Crippen LogP contribution in [-0.4, -0.2) is 25.1 Å². The molecule has 0 rings (SSSR count). The Morgan fingerprint density at radius 3 is 2.14 bits per heavy atom. The molecule has 5 heteroatoms. The first-order chi connectivity index (χ1) is 6.56. The lowest BCUT2D eigenvalue weighted by molar-refractivity contribution is -0.133. The Morgan fingerprint density at radius 1 is 0.929 bits per heavy atom. The van der Waals surface area contributed by atoms with E-state index >= 15 is 0 Å². The molecule has 0 unspecified atom stereocenters. The van der Waals surface area contributed by atoms with Gasteiger partial charge in [-0.05, 0) is 19.4 Å². The third-order valence-electron chi connectivity index (χ3n) is 1.82. The molecule has 0 bridgehead atoms. The largest absolute Gasteiger partial charge is 0.390 e. The maximum atomic E-state index is 11.7. The van der Waals surface area contributed by atoms with Gasteiger partial charge >= 0.3 is 6.18 Å². The van der Waals surface area contributed by atoms with E-state index in [-0.39, 0.29) is 6.54 Å². The van der Waals surface area contributed by atoms with Gasteiger partial charge in [-0.3, -0.25) is 0 Å². The highest BCUT2D eigenvalue weighted by Gasteiger charge is 2.25. The Morgan fingerprint density at radius 2 is 1.57 bits per heavy atom. The topological polar surface area (TPSA) is 12.0 Å². The number of rotatable bonds is 8. The summed E-state index contributed by atoms with van der Waals surface area (Å²) in [5.74, 6) is 0.668. The first kappa shape index (κ1) is 14.0. The molecule has 0 heterocycles. The summed E-state index contributed by atoms with van der Waals surface area (Å²) in [6.45, 7) is 0.692. The van der Waals surface area contributed by atoms with Gasteiger partial charge in [0.1, 0.15) is 0 Å². The summed E-state index contributed by atoms with van der Waals surface area (Å²) in [5, 5.41) is 2.77. The minimum atomic E-state index is -4.04. The third kappa shape index (κ3) is 12.0. The Labute approximate surface area is 88.0 Å². The summed E-state index contributed by atoms with van der Waals surface area (Å²) in [6, 6.07) is 0. The van der Waals surface area contributed by atoms with Gasteiger partial charge < -0.3 is 5.32 Å². The van der Waals surface area contributed by atoms with E-state index in [4.69, 9.17) is 11.6 Å². The van der Waals surface area contributed by atoms with E-state index in [1.54, 1.807) is 0 Å². The quantitative estimate of drug-likeness (QED) is 0.499. The van der Waals surface area contributed by atoms with E-state index in [2.05, 4.69) is 5.32 Å². The molecule has 14 heavy (non-hydrogen) atoms. The van der Waals surface area contributed by atoms with E-state index in [1.165, 1.54) is 0 Å². The summed E-state index contributed by atoms with van der Waals surface area (Å²) in [4.78, 5) is 0. The van der Waals surface area contributed by atoms with Gasteiger partial charge in [0.05, 0.1) is 6.42 Å². The fourth-order valence-electron chi connectivity index (χ4n) is 1.05. The number of hydrogen-bond acceptors (Lipinski definition) is 1. The van der Waals surface area contributed by atoms with Crippen LogP contribution in [0.15, 0.2) is 0 Å². The molecule has 0 radical (unpaired) electrons. The number of alkyl halides is 4. The van der Waals surface area contributed by atoms with Crippen molar-refractivity contribution in [1.29, 1.82) is 0 Å². The van der Waals surface area contributed by atoms with Crippen molar-refractivity contribution in [2.45, 2.75) is 38.3 Å². The van der Waals surface area contributed by atoms with Crippen molar-refractivity contribution in [3.8, 4) is 0 Å². The second kappa shape index (κ2) is 8.36. The number of halogens is 4. The van der Waals surface area contributed by atoms with Gasteiger partial charge in [0.15, 0.2) is 0 Å². The second-order valence-corrected chi connectivity index (χ2v) is 3.60. The number of hydrogen-bond donors (Lipinski definition) is 1.